The van der Waals surface area contributed by atoms with Crippen LogP contribution in [0.3, 0.4) is 0 Å². The molecule has 0 aliphatic rings. The Morgan fingerprint density at radius 2 is 2.13 bits per heavy atom. The van der Waals surface area contributed by atoms with Crippen LogP contribution in [0.2, 0.25) is 0 Å². The third-order valence-corrected chi connectivity index (χ3v) is 2.04. The van der Waals surface area contributed by atoms with Crippen molar-refractivity contribution in [1.82, 2.24) is 0 Å². The van der Waals surface area contributed by atoms with Crippen molar-refractivity contribution in [3.05, 3.63) is 29.1 Å². The van der Waals surface area contributed by atoms with Crippen molar-refractivity contribution in [2.45, 2.75) is 13.0 Å². The van der Waals surface area contributed by atoms with Gasteiger partial charge in [0.2, 0.25) is 0 Å². The Hall–Kier alpha value is -1.62. The van der Waals surface area contributed by atoms with Crippen LogP contribution in [0, 0.1) is 12.7 Å². The first-order chi connectivity index (χ1) is 6.97. The van der Waals surface area contributed by atoms with Crippen LogP contribution in [0.25, 0.3) is 0 Å². The minimum atomic E-state index is -1.85. The van der Waals surface area contributed by atoms with Crippen molar-refractivity contribution in [3.8, 4) is 5.75 Å². The first-order valence-electron chi connectivity index (χ1n) is 4.22. The van der Waals surface area contributed by atoms with Crippen molar-refractivity contribution in [2.75, 3.05) is 7.11 Å². The van der Waals surface area contributed by atoms with E-state index in [0.29, 0.717) is 11.3 Å². The summed E-state index contributed by atoms with van der Waals surface area (Å²) in [6.07, 6.45) is -1.85. The van der Waals surface area contributed by atoms with E-state index >= 15 is 0 Å². The Labute approximate surface area is 85.9 Å². The van der Waals surface area contributed by atoms with E-state index in [0.717, 1.165) is 6.07 Å². The van der Waals surface area contributed by atoms with E-state index < -0.39 is 17.9 Å². The standard InChI is InChI=1S/C10H11FO4/c1-5-3-6(9(12)10(13)14)7(11)4-8(5)15-2/h3-4,9,12H,1-2H3,(H,13,14). The zero-order valence-electron chi connectivity index (χ0n) is 8.32. The number of hydrogen-bond donors (Lipinski definition) is 2. The SMILES string of the molecule is COc1cc(F)c(C(O)C(=O)O)cc1C. The average Bonchev–Trinajstić information content (AvgIpc) is 2.19. The smallest absolute Gasteiger partial charge is 0.337 e. The second-order valence-electron chi connectivity index (χ2n) is 3.08. The van der Waals surface area contributed by atoms with Gasteiger partial charge in [0, 0.05) is 11.6 Å². The normalized spacial score (nSPS) is 12.3. The molecule has 0 aliphatic carbocycles. The average molecular weight is 214 g/mol. The first-order valence-corrected chi connectivity index (χ1v) is 4.22. The Morgan fingerprint density at radius 1 is 1.53 bits per heavy atom. The zero-order valence-corrected chi connectivity index (χ0v) is 8.32. The highest BCUT2D eigenvalue weighted by atomic mass is 19.1. The second-order valence-corrected chi connectivity index (χ2v) is 3.08. The molecule has 0 saturated heterocycles. The molecule has 1 atom stereocenters. The lowest BCUT2D eigenvalue weighted by Crippen LogP contribution is -2.12. The fourth-order valence-electron chi connectivity index (χ4n) is 1.25. The summed E-state index contributed by atoms with van der Waals surface area (Å²) in [7, 11) is 1.38. The topological polar surface area (TPSA) is 66.8 Å². The van der Waals surface area contributed by atoms with Gasteiger partial charge in [-0.05, 0) is 18.6 Å². The van der Waals surface area contributed by atoms with E-state index in [2.05, 4.69) is 0 Å². The number of aliphatic hydroxyl groups excluding tert-OH is 1. The highest BCUT2D eigenvalue weighted by Gasteiger charge is 2.21. The van der Waals surface area contributed by atoms with Gasteiger partial charge in [-0.1, -0.05) is 0 Å². The molecule has 4 nitrogen and oxygen atoms in total. The minimum Gasteiger partial charge on any atom is -0.496 e. The van der Waals surface area contributed by atoms with Gasteiger partial charge in [-0.25, -0.2) is 9.18 Å². The summed E-state index contributed by atoms with van der Waals surface area (Å²) in [5.41, 5.74) is 0.301. The summed E-state index contributed by atoms with van der Waals surface area (Å²) >= 11 is 0. The number of aliphatic carboxylic acids is 1. The summed E-state index contributed by atoms with van der Waals surface area (Å²) in [5, 5.41) is 17.7. The van der Waals surface area contributed by atoms with Crippen molar-refractivity contribution in [2.24, 2.45) is 0 Å². The number of benzene rings is 1. The monoisotopic (exact) mass is 214 g/mol. The number of rotatable bonds is 3. The number of aryl methyl sites for hydroxylation is 1. The van der Waals surface area contributed by atoms with Gasteiger partial charge in [0.05, 0.1) is 7.11 Å². The number of carbonyl (C=O) groups is 1. The quantitative estimate of drug-likeness (QED) is 0.794. The fourth-order valence-corrected chi connectivity index (χ4v) is 1.25. The number of hydrogen-bond acceptors (Lipinski definition) is 3. The Morgan fingerprint density at radius 3 is 2.60 bits per heavy atom. The van der Waals surface area contributed by atoms with Gasteiger partial charge in [0.25, 0.3) is 0 Å². The van der Waals surface area contributed by atoms with Gasteiger partial charge in [0.15, 0.2) is 6.10 Å². The molecule has 0 aliphatic heterocycles. The van der Waals surface area contributed by atoms with E-state index in [4.69, 9.17) is 9.84 Å². The highest BCUT2D eigenvalue weighted by molar-refractivity contribution is 5.74. The lowest BCUT2D eigenvalue weighted by Gasteiger charge is -2.11. The molecule has 15 heavy (non-hydrogen) atoms. The van der Waals surface area contributed by atoms with Gasteiger partial charge in [-0.15, -0.1) is 0 Å². The van der Waals surface area contributed by atoms with Crippen LogP contribution in [-0.4, -0.2) is 23.3 Å². The Bertz CT molecular complexity index is 389. The summed E-state index contributed by atoms with van der Waals surface area (Å²) in [5.74, 6) is -1.97. The largest absolute Gasteiger partial charge is 0.496 e. The lowest BCUT2D eigenvalue weighted by molar-refractivity contribution is -0.147. The number of carboxylic acids is 1. The molecular formula is C10H11FO4. The van der Waals surface area contributed by atoms with Gasteiger partial charge in [0.1, 0.15) is 11.6 Å². The second kappa shape index (κ2) is 4.27. The number of methoxy groups -OCH3 is 1. The van der Waals surface area contributed by atoms with Crippen molar-refractivity contribution in [1.29, 1.82) is 0 Å². The fraction of sp³-hybridized carbons (Fsp3) is 0.300. The van der Waals surface area contributed by atoms with Crippen LogP contribution in [0.1, 0.15) is 17.2 Å². The molecule has 0 spiro atoms. The number of aliphatic hydroxyl groups is 1. The molecule has 0 amide bonds. The molecule has 0 fully saturated rings. The molecule has 0 heterocycles. The molecule has 1 aromatic carbocycles. The molecule has 82 valence electrons. The molecule has 1 rings (SSSR count). The first kappa shape index (κ1) is 11.5. The maximum absolute atomic E-state index is 13.3. The van der Waals surface area contributed by atoms with Crippen LogP contribution in [0.5, 0.6) is 5.75 Å². The van der Waals surface area contributed by atoms with E-state index in [1.54, 1.807) is 6.92 Å². The number of carboxylic acid groups (broad SMARTS) is 1. The highest BCUT2D eigenvalue weighted by Crippen LogP contribution is 2.25. The maximum atomic E-state index is 13.3. The molecular weight excluding hydrogens is 203 g/mol. The van der Waals surface area contributed by atoms with Crippen LogP contribution in [0.4, 0.5) is 4.39 Å². The molecule has 5 heteroatoms. The van der Waals surface area contributed by atoms with E-state index in [1.807, 2.05) is 0 Å². The summed E-state index contributed by atoms with van der Waals surface area (Å²) in [6, 6.07) is 2.31. The molecule has 0 radical (unpaired) electrons. The third kappa shape index (κ3) is 2.24. The molecule has 1 aromatic rings. The van der Waals surface area contributed by atoms with Gasteiger partial charge < -0.3 is 14.9 Å². The van der Waals surface area contributed by atoms with Crippen molar-refractivity contribution < 1.29 is 24.1 Å². The van der Waals surface area contributed by atoms with Crippen LogP contribution in [-0.2, 0) is 4.79 Å². The van der Waals surface area contributed by atoms with Crippen molar-refractivity contribution >= 4 is 5.97 Å². The molecule has 0 aromatic heterocycles. The third-order valence-electron chi connectivity index (χ3n) is 2.04. The minimum absolute atomic E-state index is 0.263. The number of halogens is 1. The Kier molecular flexibility index (Phi) is 3.26. The van der Waals surface area contributed by atoms with Crippen LogP contribution in [0.15, 0.2) is 12.1 Å². The molecule has 0 saturated carbocycles. The van der Waals surface area contributed by atoms with Gasteiger partial charge in [-0.3, -0.25) is 0 Å². The predicted molar refractivity (Wildman–Crippen MR) is 50.3 cm³/mol. The molecule has 0 bridgehead atoms. The van der Waals surface area contributed by atoms with E-state index in [-0.39, 0.29) is 5.56 Å². The summed E-state index contributed by atoms with van der Waals surface area (Å²) in [4.78, 5) is 10.5. The molecule has 1 unspecified atom stereocenters. The number of ether oxygens (including phenoxy) is 1. The lowest BCUT2D eigenvalue weighted by atomic mass is 10.1. The van der Waals surface area contributed by atoms with E-state index in [1.165, 1.54) is 13.2 Å². The summed E-state index contributed by atoms with van der Waals surface area (Å²) < 4.78 is 18.2. The van der Waals surface area contributed by atoms with Gasteiger partial charge >= 0.3 is 5.97 Å². The summed E-state index contributed by atoms with van der Waals surface area (Å²) in [6.45, 7) is 1.64. The van der Waals surface area contributed by atoms with Gasteiger partial charge in [-0.2, -0.15) is 0 Å². The zero-order chi connectivity index (χ0) is 11.6. The van der Waals surface area contributed by atoms with Crippen LogP contribution < -0.4 is 4.74 Å². The van der Waals surface area contributed by atoms with Crippen molar-refractivity contribution in [3.63, 3.8) is 0 Å². The van der Waals surface area contributed by atoms with E-state index in [9.17, 15) is 14.3 Å². The van der Waals surface area contributed by atoms with Crippen LogP contribution >= 0.6 is 0 Å². The maximum Gasteiger partial charge on any atom is 0.337 e. The predicted octanol–water partition coefficient (Wildman–Crippen LogP) is 1.26. The Balaban J connectivity index is 3.21. The molecule has 2 N–H and O–H groups in total.